The number of aryl methyl sites for hydroxylation is 2. The van der Waals surface area contributed by atoms with Gasteiger partial charge in [-0.05, 0) is 39.0 Å². The molecule has 1 aliphatic carbocycles. The summed E-state index contributed by atoms with van der Waals surface area (Å²) in [4.78, 5) is 18.5. The molecule has 1 saturated heterocycles. The molecule has 0 spiro atoms. The van der Waals surface area contributed by atoms with Crippen molar-refractivity contribution >= 4 is 15.9 Å². The molecule has 0 aromatic carbocycles. The zero-order chi connectivity index (χ0) is 19.1. The number of amides is 1. The molecule has 0 bridgehead atoms. The first-order valence-electron chi connectivity index (χ1n) is 8.90. The number of piperidine rings is 1. The van der Waals surface area contributed by atoms with Gasteiger partial charge in [-0.2, -0.15) is 9.57 Å². The first-order valence-corrected chi connectivity index (χ1v) is 10.3. The van der Waals surface area contributed by atoms with Crippen LogP contribution in [0.25, 0.3) is 0 Å². The molecular formula is C17H25N5O3S. The number of nitrogens with zero attached hydrogens (tertiary/aromatic N) is 5. The summed E-state index contributed by atoms with van der Waals surface area (Å²) >= 11 is 0. The van der Waals surface area contributed by atoms with E-state index in [4.69, 9.17) is 0 Å². The first-order chi connectivity index (χ1) is 12.2. The van der Waals surface area contributed by atoms with Gasteiger partial charge in [0.1, 0.15) is 11.4 Å². The number of carbonyl (C=O) groups is 1. The van der Waals surface area contributed by atoms with Crippen LogP contribution in [-0.2, 0) is 21.9 Å². The van der Waals surface area contributed by atoms with Gasteiger partial charge >= 0.3 is 0 Å². The lowest BCUT2D eigenvalue weighted by atomic mass is 9.76. The van der Waals surface area contributed by atoms with Gasteiger partial charge in [-0.15, -0.1) is 0 Å². The van der Waals surface area contributed by atoms with E-state index < -0.39 is 15.6 Å². The molecule has 1 amide bonds. The summed E-state index contributed by atoms with van der Waals surface area (Å²) in [5, 5.41) is 9.47. The van der Waals surface area contributed by atoms with Crippen molar-refractivity contribution in [3.8, 4) is 6.07 Å². The highest BCUT2D eigenvalue weighted by molar-refractivity contribution is 7.89. The average Bonchev–Trinajstić information content (AvgIpc) is 2.93. The number of imidazole rings is 1. The van der Waals surface area contributed by atoms with Gasteiger partial charge in [0.2, 0.25) is 5.91 Å². The quantitative estimate of drug-likeness (QED) is 0.778. The summed E-state index contributed by atoms with van der Waals surface area (Å²) in [5.41, 5.74) is -0.661. The Bertz CT molecular complexity index is 823. The number of sulfonamides is 1. The van der Waals surface area contributed by atoms with Gasteiger partial charge in [0.25, 0.3) is 10.0 Å². The molecule has 0 unspecified atom stereocenters. The Morgan fingerprint density at radius 1 is 1.38 bits per heavy atom. The maximum absolute atomic E-state index is 12.8. The van der Waals surface area contributed by atoms with Crippen LogP contribution in [0.1, 0.15) is 37.9 Å². The number of aromatic nitrogens is 2. The van der Waals surface area contributed by atoms with Crippen molar-refractivity contribution in [3.63, 3.8) is 0 Å². The van der Waals surface area contributed by atoms with E-state index in [0.29, 0.717) is 31.8 Å². The molecule has 0 atom stereocenters. The van der Waals surface area contributed by atoms with E-state index in [1.807, 2.05) is 0 Å². The van der Waals surface area contributed by atoms with Crippen molar-refractivity contribution in [2.75, 3.05) is 20.1 Å². The second-order valence-electron chi connectivity index (χ2n) is 7.31. The predicted octanol–water partition coefficient (Wildman–Crippen LogP) is 1.03. The number of hydrogen-bond donors (Lipinski definition) is 0. The van der Waals surface area contributed by atoms with Crippen LogP contribution in [-0.4, -0.2) is 58.8 Å². The maximum Gasteiger partial charge on any atom is 0.262 e. The van der Waals surface area contributed by atoms with Crippen LogP contribution in [0.3, 0.4) is 0 Å². The Kier molecular flexibility index (Phi) is 4.84. The van der Waals surface area contributed by atoms with Crippen LogP contribution >= 0.6 is 0 Å². The molecule has 0 N–H and O–H groups in total. The van der Waals surface area contributed by atoms with Crippen molar-refractivity contribution in [1.82, 2.24) is 18.8 Å². The van der Waals surface area contributed by atoms with Crippen LogP contribution in [0.2, 0.25) is 0 Å². The molecule has 3 rings (SSSR count). The summed E-state index contributed by atoms with van der Waals surface area (Å²) in [6, 6.07) is 2.29. The highest BCUT2D eigenvalue weighted by atomic mass is 32.2. The molecule has 26 heavy (non-hydrogen) atoms. The summed E-state index contributed by atoms with van der Waals surface area (Å²) in [7, 11) is -0.179. The van der Waals surface area contributed by atoms with E-state index in [-0.39, 0.29) is 16.9 Å². The van der Waals surface area contributed by atoms with Crippen LogP contribution in [0.15, 0.2) is 11.2 Å². The molecule has 1 aromatic rings. The lowest BCUT2D eigenvalue weighted by molar-refractivity contribution is -0.142. The van der Waals surface area contributed by atoms with Gasteiger partial charge in [0.15, 0.2) is 5.03 Å². The van der Waals surface area contributed by atoms with Gasteiger partial charge in [0, 0.05) is 39.3 Å². The number of carbonyl (C=O) groups excluding carboxylic acids is 1. The zero-order valence-corrected chi connectivity index (χ0v) is 16.3. The normalized spacial score (nSPS) is 21.0. The molecule has 2 aliphatic rings. The summed E-state index contributed by atoms with van der Waals surface area (Å²) in [6.45, 7) is 2.34. The molecule has 2 heterocycles. The fourth-order valence-corrected chi connectivity index (χ4v) is 5.14. The minimum absolute atomic E-state index is 0.0445. The van der Waals surface area contributed by atoms with Gasteiger partial charge in [-0.3, -0.25) is 4.79 Å². The topological polar surface area (TPSA) is 99.3 Å². The second kappa shape index (κ2) is 6.67. The Balaban J connectivity index is 1.65. The molecule has 1 saturated carbocycles. The fraction of sp³-hybridized carbons (Fsp3) is 0.706. The average molecular weight is 379 g/mol. The van der Waals surface area contributed by atoms with Crippen LogP contribution in [0, 0.1) is 24.2 Å². The fourth-order valence-electron chi connectivity index (χ4n) is 3.64. The highest BCUT2D eigenvalue weighted by Gasteiger charge is 2.45. The third-order valence-corrected chi connectivity index (χ3v) is 7.63. The Hall–Kier alpha value is -1.92. The highest BCUT2D eigenvalue weighted by Crippen LogP contribution is 2.38. The minimum Gasteiger partial charge on any atom is -0.337 e. The van der Waals surface area contributed by atoms with E-state index in [0.717, 1.165) is 19.3 Å². The van der Waals surface area contributed by atoms with E-state index >= 15 is 0 Å². The number of nitriles is 1. The van der Waals surface area contributed by atoms with E-state index in [1.165, 1.54) is 10.5 Å². The minimum atomic E-state index is -3.64. The van der Waals surface area contributed by atoms with Crippen molar-refractivity contribution < 1.29 is 13.2 Å². The summed E-state index contributed by atoms with van der Waals surface area (Å²) in [5.74, 6) is 0.359. The first kappa shape index (κ1) is 18.9. The molecule has 8 nitrogen and oxygen atoms in total. The molecular weight excluding hydrogens is 354 g/mol. The van der Waals surface area contributed by atoms with E-state index in [2.05, 4.69) is 11.1 Å². The molecule has 9 heteroatoms. The van der Waals surface area contributed by atoms with Gasteiger partial charge in [0.05, 0.1) is 6.07 Å². The standard InChI is InChI=1S/C17H25N5O3S/c1-13-19-15(11-20(13)2)26(24,25)22-9-5-14(6-10-22)16(23)21(3)17(12-18)7-4-8-17/h11,14H,4-10H2,1-3H3. The van der Waals surface area contributed by atoms with Crippen LogP contribution in [0.5, 0.6) is 0 Å². The van der Waals surface area contributed by atoms with Crippen LogP contribution < -0.4 is 0 Å². The third kappa shape index (κ3) is 3.01. The van der Waals surface area contributed by atoms with Gasteiger partial charge < -0.3 is 9.47 Å². The lowest BCUT2D eigenvalue weighted by Gasteiger charge is -2.44. The Labute approximate surface area is 154 Å². The van der Waals surface area contributed by atoms with Crippen LogP contribution in [0.4, 0.5) is 0 Å². The van der Waals surface area contributed by atoms with Crippen molar-refractivity contribution in [1.29, 1.82) is 5.26 Å². The zero-order valence-electron chi connectivity index (χ0n) is 15.5. The van der Waals surface area contributed by atoms with E-state index in [1.54, 1.807) is 30.5 Å². The predicted molar refractivity (Wildman–Crippen MR) is 94.4 cm³/mol. The Morgan fingerprint density at radius 3 is 2.42 bits per heavy atom. The second-order valence-corrected chi connectivity index (χ2v) is 9.19. The summed E-state index contributed by atoms with van der Waals surface area (Å²) < 4.78 is 28.6. The Morgan fingerprint density at radius 2 is 2.00 bits per heavy atom. The lowest BCUT2D eigenvalue weighted by Crippen LogP contribution is -2.55. The molecule has 142 valence electrons. The molecule has 1 aliphatic heterocycles. The van der Waals surface area contributed by atoms with Crippen molar-refractivity contribution in [2.45, 2.75) is 49.6 Å². The smallest absolute Gasteiger partial charge is 0.262 e. The van der Waals surface area contributed by atoms with Crippen molar-refractivity contribution in [2.24, 2.45) is 13.0 Å². The van der Waals surface area contributed by atoms with Gasteiger partial charge in [-0.1, -0.05) is 0 Å². The SMILES string of the molecule is Cc1nc(S(=O)(=O)N2CCC(C(=O)N(C)C3(C#N)CCC3)CC2)cn1C. The maximum atomic E-state index is 12.8. The number of hydrogen-bond acceptors (Lipinski definition) is 5. The molecule has 1 aromatic heterocycles. The van der Waals surface area contributed by atoms with Crippen molar-refractivity contribution in [3.05, 3.63) is 12.0 Å². The monoisotopic (exact) mass is 379 g/mol. The molecule has 0 radical (unpaired) electrons. The van der Waals surface area contributed by atoms with Gasteiger partial charge in [-0.25, -0.2) is 13.4 Å². The third-order valence-electron chi connectivity index (χ3n) is 5.86. The number of rotatable bonds is 4. The largest absolute Gasteiger partial charge is 0.337 e. The van der Waals surface area contributed by atoms with E-state index in [9.17, 15) is 18.5 Å². The molecule has 2 fully saturated rings. The summed E-state index contributed by atoms with van der Waals surface area (Å²) in [6.07, 6.45) is 4.86.